The molecule has 5 aliphatic carbocycles. The van der Waals surface area contributed by atoms with Crippen molar-refractivity contribution in [2.75, 3.05) is 13.1 Å². The maximum Gasteiger partial charge on any atom is 0.325 e. The van der Waals surface area contributed by atoms with Gasteiger partial charge >= 0.3 is 6.03 Å². The molecule has 6 fully saturated rings. The minimum atomic E-state index is -0.741. The zero-order chi connectivity index (χ0) is 19.4. The second kappa shape index (κ2) is 6.74. The highest BCUT2D eigenvalue weighted by Crippen LogP contribution is 2.61. The molecule has 4 bridgehead atoms. The molecule has 0 aromatic rings. The van der Waals surface area contributed by atoms with Gasteiger partial charge in [0.1, 0.15) is 12.1 Å². The summed E-state index contributed by atoms with van der Waals surface area (Å²) in [5.41, 5.74) is -0.302. The molecule has 4 amide bonds. The number of carbonyl (C=O) groups excluding carboxylic acids is 3. The van der Waals surface area contributed by atoms with Crippen LogP contribution in [0.5, 0.6) is 0 Å². The van der Waals surface area contributed by atoms with Gasteiger partial charge in [-0.3, -0.25) is 14.5 Å². The molecule has 1 saturated heterocycles. The van der Waals surface area contributed by atoms with E-state index in [2.05, 4.69) is 10.6 Å². The summed E-state index contributed by atoms with van der Waals surface area (Å²) < 4.78 is 0. The summed E-state index contributed by atoms with van der Waals surface area (Å²) >= 11 is 0. The van der Waals surface area contributed by atoms with Crippen LogP contribution >= 0.6 is 0 Å². The summed E-state index contributed by atoms with van der Waals surface area (Å²) in [7, 11) is 0. The lowest BCUT2D eigenvalue weighted by Crippen LogP contribution is -2.49. The number of carbonyl (C=O) groups is 3. The lowest BCUT2D eigenvalue weighted by Gasteiger charge is -2.57. The summed E-state index contributed by atoms with van der Waals surface area (Å²) in [6, 6.07) is -0.400. The summed E-state index contributed by atoms with van der Waals surface area (Å²) in [6.07, 6.45) is 13.8. The molecule has 2 N–H and O–H groups in total. The van der Waals surface area contributed by atoms with E-state index in [4.69, 9.17) is 0 Å². The number of nitrogens with zero attached hydrogens (tertiary/aromatic N) is 1. The maximum atomic E-state index is 12.8. The number of hydrogen-bond donors (Lipinski definition) is 2. The van der Waals surface area contributed by atoms with E-state index in [1.807, 2.05) is 0 Å². The van der Waals surface area contributed by atoms with Gasteiger partial charge in [-0.05, 0) is 81.0 Å². The molecule has 0 unspecified atom stereocenters. The molecule has 0 atom stereocenters. The van der Waals surface area contributed by atoms with Crippen LogP contribution in [0.2, 0.25) is 0 Å². The van der Waals surface area contributed by atoms with E-state index >= 15 is 0 Å². The highest BCUT2D eigenvalue weighted by Gasteiger charge is 2.52. The number of rotatable bonds is 5. The molecule has 5 saturated carbocycles. The van der Waals surface area contributed by atoms with E-state index < -0.39 is 11.6 Å². The van der Waals surface area contributed by atoms with Crippen molar-refractivity contribution in [3.05, 3.63) is 0 Å². The lowest BCUT2D eigenvalue weighted by atomic mass is 9.49. The first-order valence-corrected chi connectivity index (χ1v) is 11.4. The first-order chi connectivity index (χ1) is 13.5. The van der Waals surface area contributed by atoms with E-state index in [1.54, 1.807) is 0 Å². The van der Waals surface area contributed by atoms with E-state index in [1.165, 1.54) is 38.5 Å². The van der Waals surface area contributed by atoms with Crippen molar-refractivity contribution in [2.45, 2.75) is 82.6 Å². The highest BCUT2D eigenvalue weighted by molar-refractivity contribution is 6.09. The molecule has 6 aliphatic rings. The van der Waals surface area contributed by atoms with Crippen molar-refractivity contribution in [3.8, 4) is 0 Å². The van der Waals surface area contributed by atoms with E-state index in [-0.39, 0.29) is 18.4 Å². The van der Waals surface area contributed by atoms with Gasteiger partial charge in [0.25, 0.3) is 5.91 Å². The summed E-state index contributed by atoms with van der Waals surface area (Å²) in [4.78, 5) is 38.7. The Labute approximate surface area is 167 Å². The first kappa shape index (κ1) is 18.4. The molecule has 1 spiro atoms. The Morgan fingerprint density at radius 1 is 1.00 bits per heavy atom. The predicted molar refractivity (Wildman–Crippen MR) is 104 cm³/mol. The highest BCUT2D eigenvalue weighted by atomic mass is 16.2. The Hall–Kier alpha value is -1.59. The Morgan fingerprint density at radius 2 is 1.61 bits per heavy atom. The van der Waals surface area contributed by atoms with Crippen LogP contribution in [0.3, 0.4) is 0 Å². The average Bonchev–Trinajstić information content (AvgIpc) is 2.85. The van der Waals surface area contributed by atoms with Gasteiger partial charge in [0.05, 0.1) is 0 Å². The third kappa shape index (κ3) is 3.13. The summed E-state index contributed by atoms with van der Waals surface area (Å²) in [5, 5.41) is 5.88. The predicted octanol–water partition coefficient (Wildman–Crippen LogP) is 2.96. The van der Waals surface area contributed by atoms with Crippen LogP contribution in [0.1, 0.15) is 77.0 Å². The fourth-order valence-corrected chi connectivity index (χ4v) is 7.58. The van der Waals surface area contributed by atoms with Crippen molar-refractivity contribution in [1.29, 1.82) is 0 Å². The topological polar surface area (TPSA) is 78.5 Å². The number of hydrogen-bond acceptors (Lipinski definition) is 3. The van der Waals surface area contributed by atoms with Gasteiger partial charge in [-0.25, -0.2) is 4.79 Å². The molecule has 0 aromatic heterocycles. The lowest BCUT2D eigenvalue weighted by molar-refractivity contribution is -0.135. The van der Waals surface area contributed by atoms with Crippen molar-refractivity contribution in [2.24, 2.45) is 23.2 Å². The van der Waals surface area contributed by atoms with E-state index in [0.717, 1.165) is 48.3 Å². The summed E-state index contributed by atoms with van der Waals surface area (Å²) in [5.74, 6) is 2.34. The Bertz CT molecular complexity index is 647. The van der Waals surface area contributed by atoms with E-state index in [0.29, 0.717) is 24.8 Å². The average molecular weight is 388 g/mol. The van der Waals surface area contributed by atoms with Crippen molar-refractivity contribution >= 4 is 17.8 Å². The van der Waals surface area contributed by atoms with Crippen molar-refractivity contribution in [3.63, 3.8) is 0 Å². The monoisotopic (exact) mass is 387 g/mol. The molecule has 6 rings (SSSR count). The zero-order valence-electron chi connectivity index (χ0n) is 16.8. The number of imide groups is 1. The first-order valence-electron chi connectivity index (χ1n) is 11.4. The van der Waals surface area contributed by atoms with Gasteiger partial charge in [-0.1, -0.05) is 19.3 Å². The van der Waals surface area contributed by atoms with Crippen LogP contribution in [-0.2, 0) is 9.59 Å². The SMILES string of the molecule is O=C(CN1C(=O)NC2(CCCCC2)C1=O)NCCC12CC3CC(CC(C3)C1)C2. The van der Waals surface area contributed by atoms with Gasteiger partial charge in [0.2, 0.25) is 5.91 Å². The fraction of sp³-hybridized carbons (Fsp3) is 0.864. The Kier molecular flexibility index (Phi) is 4.44. The van der Waals surface area contributed by atoms with Crippen LogP contribution in [0.4, 0.5) is 4.79 Å². The van der Waals surface area contributed by atoms with Gasteiger partial charge in [0.15, 0.2) is 0 Å². The standard InChI is InChI=1S/C22H33N3O3/c26-18(14-25-19(27)22(24-20(25)28)4-2-1-3-5-22)23-7-6-21-11-15-8-16(12-21)10-17(9-15)13-21/h15-17H,1-14H2,(H,23,26)(H,24,28). The fourth-order valence-electron chi connectivity index (χ4n) is 7.58. The number of amides is 4. The zero-order valence-corrected chi connectivity index (χ0v) is 16.8. The third-order valence-electron chi connectivity index (χ3n) is 8.40. The molecule has 6 heteroatoms. The molecule has 0 aromatic carbocycles. The van der Waals surface area contributed by atoms with E-state index in [9.17, 15) is 14.4 Å². The van der Waals surface area contributed by atoms with Gasteiger partial charge in [0, 0.05) is 6.54 Å². The van der Waals surface area contributed by atoms with Gasteiger partial charge in [-0.15, -0.1) is 0 Å². The molecule has 154 valence electrons. The molecule has 28 heavy (non-hydrogen) atoms. The second-order valence-corrected chi connectivity index (χ2v) is 10.5. The molecular formula is C22H33N3O3. The van der Waals surface area contributed by atoms with Crippen molar-refractivity contribution < 1.29 is 14.4 Å². The Balaban J connectivity index is 1.13. The quantitative estimate of drug-likeness (QED) is 0.712. The van der Waals surface area contributed by atoms with Crippen LogP contribution in [-0.4, -0.2) is 41.4 Å². The van der Waals surface area contributed by atoms with Crippen LogP contribution in [0, 0.1) is 23.2 Å². The van der Waals surface area contributed by atoms with Crippen molar-refractivity contribution in [1.82, 2.24) is 15.5 Å². The third-order valence-corrected chi connectivity index (χ3v) is 8.40. The number of nitrogens with one attached hydrogen (secondary N) is 2. The van der Waals surface area contributed by atoms with Crippen LogP contribution in [0.15, 0.2) is 0 Å². The molecule has 0 radical (unpaired) electrons. The maximum absolute atomic E-state index is 12.8. The molecular weight excluding hydrogens is 354 g/mol. The largest absolute Gasteiger partial charge is 0.355 e. The second-order valence-electron chi connectivity index (χ2n) is 10.5. The van der Waals surface area contributed by atoms with Gasteiger partial charge < -0.3 is 10.6 Å². The minimum absolute atomic E-state index is 0.146. The van der Waals surface area contributed by atoms with Gasteiger partial charge in [-0.2, -0.15) is 0 Å². The molecule has 1 heterocycles. The van der Waals surface area contributed by atoms with Crippen LogP contribution in [0.25, 0.3) is 0 Å². The Morgan fingerprint density at radius 3 is 2.21 bits per heavy atom. The van der Waals surface area contributed by atoms with Crippen LogP contribution < -0.4 is 10.6 Å². The minimum Gasteiger partial charge on any atom is -0.355 e. The molecule has 1 aliphatic heterocycles. The molecule has 6 nitrogen and oxygen atoms in total. The summed E-state index contributed by atoms with van der Waals surface area (Å²) in [6.45, 7) is 0.521. The number of urea groups is 1. The smallest absolute Gasteiger partial charge is 0.325 e. The normalized spacial score (nSPS) is 38.1.